The maximum absolute atomic E-state index is 12.0. The van der Waals surface area contributed by atoms with Crippen LogP contribution < -0.4 is 4.74 Å². The fourth-order valence-corrected chi connectivity index (χ4v) is 3.12. The first-order valence-corrected chi connectivity index (χ1v) is 7.54. The van der Waals surface area contributed by atoms with E-state index in [0.717, 1.165) is 15.8 Å². The van der Waals surface area contributed by atoms with Gasteiger partial charge in [0.15, 0.2) is 0 Å². The van der Waals surface area contributed by atoms with Crippen molar-refractivity contribution in [2.45, 2.75) is 11.5 Å². The summed E-state index contributed by atoms with van der Waals surface area (Å²) in [5.74, 6) is 1.55. The van der Waals surface area contributed by atoms with E-state index in [9.17, 15) is 4.21 Å². The van der Waals surface area contributed by atoms with Gasteiger partial charge in [0.05, 0.1) is 24.3 Å². The summed E-state index contributed by atoms with van der Waals surface area (Å²) in [6, 6.07) is 7.38. The maximum Gasteiger partial charge on any atom is 0.124 e. The number of halogens is 1. The molecule has 0 fully saturated rings. The molecule has 0 saturated carbocycles. The van der Waals surface area contributed by atoms with Crippen molar-refractivity contribution in [3.63, 3.8) is 0 Å². The van der Waals surface area contributed by atoms with Gasteiger partial charge in [0.25, 0.3) is 0 Å². The highest BCUT2D eigenvalue weighted by Gasteiger charge is 2.10. The van der Waals surface area contributed by atoms with Crippen molar-refractivity contribution in [2.24, 2.45) is 0 Å². The van der Waals surface area contributed by atoms with E-state index in [0.29, 0.717) is 17.2 Å². The normalized spacial score (nSPS) is 12.3. The Hall–Kier alpha value is -1.14. The molecule has 6 heteroatoms. The zero-order valence-electron chi connectivity index (χ0n) is 9.76. The topological polar surface area (TPSA) is 52.3 Å². The second kappa shape index (κ2) is 6.15. The zero-order valence-corrected chi connectivity index (χ0v) is 12.2. The van der Waals surface area contributed by atoms with Gasteiger partial charge in [-0.1, -0.05) is 21.1 Å². The van der Waals surface area contributed by atoms with Crippen LogP contribution in [0.2, 0.25) is 0 Å². The summed E-state index contributed by atoms with van der Waals surface area (Å²) in [6.07, 6.45) is 1.48. The van der Waals surface area contributed by atoms with Gasteiger partial charge in [0, 0.05) is 26.9 Å². The van der Waals surface area contributed by atoms with Crippen molar-refractivity contribution in [1.82, 2.24) is 5.16 Å². The van der Waals surface area contributed by atoms with Gasteiger partial charge in [-0.25, -0.2) is 0 Å². The zero-order chi connectivity index (χ0) is 13.0. The van der Waals surface area contributed by atoms with Crippen molar-refractivity contribution in [2.75, 3.05) is 7.11 Å². The second-order valence-electron chi connectivity index (χ2n) is 3.68. The predicted molar refractivity (Wildman–Crippen MR) is 72.7 cm³/mol. The molecule has 1 heterocycles. The lowest BCUT2D eigenvalue weighted by molar-refractivity contribution is 0.411. The number of hydrogen-bond donors (Lipinski definition) is 0. The Labute approximate surface area is 116 Å². The van der Waals surface area contributed by atoms with Crippen molar-refractivity contribution in [3.8, 4) is 5.75 Å². The summed E-state index contributed by atoms with van der Waals surface area (Å²) >= 11 is 3.39. The monoisotopic (exact) mass is 329 g/mol. The van der Waals surface area contributed by atoms with Gasteiger partial charge in [-0.15, -0.1) is 0 Å². The lowest BCUT2D eigenvalue weighted by atomic mass is 10.2. The van der Waals surface area contributed by atoms with Crippen molar-refractivity contribution >= 4 is 26.7 Å². The Morgan fingerprint density at radius 2 is 2.22 bits per heavy atom. The molecular formula is C12H12BrNO3S. The number of hydrogen-bond acceptors (Lipinski definition) is 4. The van der Waals surface area contributed by atoms with Crippen LogP contribution >= 0.6 is 15.9 Å². The average Bonchev–Trinajstić information content (AvgIpc) is 2.82. The molecule has 0 aliphatic carbocycles. The van der Waals surface area contributed by atoms with Crippen molar-refractivity contribution in [3.05, 3.63) is 46.3 Å². The first-order valence-electron chi connectivity index (χ1n) is 5.25. The number of ether oxygens (including phenoxy) is 1. The standard InChI is InChI=1S/C12H12BrNO3S/c1-16-12-3-2-10(13)6-9(12)7-18(15)8-11-4-5-17-14-11/h2-6H,7-8H2,1H3/t18-/m0/s1. The van der Waals surface area contributed by atoms with Crippen LogP contribution in [0.1, 0.15) is 11.3 Å². The molecule has 0 radical (unpaired) electrons. The lowest BCUT2D eigenvalue weighted by Gasteiger charge is -2.08. The quantitative estimate of drug-likeness (QED) is 0.846. The molecule has 0 saturated heterocycles. The molecule has 4 nitrogen and oxygen atoms in total. The minimum Gasteiger partial charge on any atom is -0.496 e. The van der Waals surface area contributed by atoms with Gasteiger partial charge in [0.2, 0.25) is 0 Å². The summed E-state index contributed by atoms with van der Waals surface area (Å²) in [7, 11) is 0.561. The summed E-state index contributed by atoms with van der Waals surface area (Å²) < 4.78 is 22.9. The largest absolute Gasteiger partial charge is 0.496 e. The van der Waals surface area contributed by atoms with Crippen LogP contribution in [-0.2, 0) is 22.3 Å². The van der Waals surface area contributed by atoms with Gasteiger partial charge >= 0.3 is 0 Å². The summed E-state index contributed by atoms with van der Waals surface area (Å²) in [6.45, 7) is 0. The van der Waals surface area contributed by atoms with E-state index in [1.54, 1.807) is 13.2 Å². The Kier molecular flexibility index (Phi) is 4.54. The average molecular weight is 330 g/mol. The third-order valence-corrected chi connectivity index (χ3v) is 4.10. The van der Waals surface area contributed by atoms with Crippen LogP contribution in [0.15, 0.2) is 39.5 Å². The Balaban J connectivity index is 2.08. The molecule has 0 aliphatic rings. The van der Waals surface area contributed by atoms with E-state index < -0.39 is 10.8 Å². The number of benzene rings is 1. The summed E-state index contributed by atoms with van der Waals surface area (Å²) in [4.78, 5) is 0. The molecule has 1 atom stereocenters. The van der Waals surface area contributed by atoms with Gasteiger partial charge in [-0.05, 0) is 18.2 Å². The molecular weight excluding hydrogens is 318 g/mol. The van der Waals surface area contributed by atoms with Gasteiger partial charge in [-0.3, -0.25) is 4.21 Å². The fourth-order valence-electron chi connectivity index (χ4n) is 1.56. The van der Waals surface area contributed by atoms with E-state index in [-0.39, 0.29) is 0 Å². The number of methoxy groups -OCH3 is 1. The predicted octanol–water partition coefficient (Wildman–Crippen LogP) is 2.89. The molecule has 0 N–H and O–H groups in total. The highest BCUT2D eigenvalue weighted by molar-refractivity contribution is 9.10. The lowest BCUT2D eigenvalue weighted by Crippen LogP contribution is -2.01. The van der Waals surface area contributed by atoms with Gasteiger partial charge in [0.1, 0.15) is 12.0 Å². The smallest absolute Gasteiger partial charge is 0.124 e. The van der Waals surface area contributed by atoms with E-state index in [1.807, 2.05) is 18.2 Å². The third-order valence-electron chi connectivity index (χ3n) is 2.36. The molecule has 0 spiro atoms. The van der Waals surface area contributed by atoms with E-state index in [4.69, 9.17) is 9.26 Å². The van der Waals surface area contributed by atoms with Gasteiger partial charge < -0.3 is 9.26 Å². The molecule has 96 valence electrons. The van der Waals surface area contributed by atoms with Crippen LogP contribution in [0.3, 0.4) is 0 Å². The van der Waals surface area contributed by atoms with Crippen molar-refractivity contribution in [1.29, 1.82) is 0 Å². The number of rotatable bonds is 5. The Morgan fingerprint density at radius 3 is 2.89 bits per heavy atom. The van der Waals surface area contributed by atoms with Crippen LogP contribution in [0.25, 0.3) is 0 Å². The Bertz CT molecular complexity index is 542. The Morgan fingerprint density at radius 1 is 1.39 bits per heavy atom. The van der Waals surface area contributed by atoms with E-state index >= 15 is 0 Å². The highest BCUT2D eigenvalue weighted by Crippen LogP contribution is 2.24. The van der Waals surface area contributed by atoms with Crippen molar-refractivity contribution < 1.29 is 13.5 Å². The minimum atomic E-state index is -1.04. The molecule has 2 rings (SSSR count). The highest BCUT2D eigenvalue weighted by atomic mass is 79.9. The first kappa shape index (κ1) is 13.3. The van der Waals surface area contributed by atoms with E-state index in [2.05, 4.69) is 21.1 Å². The fraction of sp³-hybridized carbons (Fsp3) is 0.250. The van der Waals surface area contributed by atoms with Crippen LogP contribution in [0.4, 0.5) is 0 Å². The molecule has 0 amide bonds. The summed E-state index contributed by atoms with van der Waals surface area (Å²) in [5.41, 5.74) is 1.61. The molecule has 0 aliphatic heterocycles. The second-order valence-corrected chi connectivity index (χ2v) is 6.05. The van der Waals surface area contributed by atoms with E-state index in [1.165, 1.54) is 6.26 Å². The molecule has 1 aromatic carbocycles. The maximum atomic E-state index is 12.0. The molecule has 0 unspecified atom stereocenters. The number of nitrogens with zero attached hydrogens (tertiary/aromatic N) is 1. The SMILES string of the molecule is COc1ccc(Br)cc1C[S@](=O)Cc1ccon1. The summed E-state index contributed by atoms with van der Waals surface area (Å²) in [5, 5.41) is 3.75. The van der Waals surface area contributed by atoms with Crippen LogP contribution in [0.5, 0.6) is 5.75 Å². The third kappa shape index (κ3) is 3.43. The molecule has 2 aromatic rings. The first-order chi connectivity index (χ1) is 8.69. The minimum absolute atomic E-state index is 0.381. The molecule has 1 aromatic heterocycles. The van der Waals surface area contributed by atoms with Crippen LogP contribution in [-0.4, -0.2) is 16.5 Å². The number of aromatic nitrogens is 1. The van der Waals surface area contributed by atoms with Gasteiger partial charge in [-0.2, -0.15) is 0 Å². The molecule has 0 bridgehead atoms. The van der Waals surface area contributed by atoms with Crippen LogP contribution in [0, 0.1) is 0 Å². The molecule has 18 heavy (non-hydrogen) atoms.